The molecule has 0 spiro atoms. The molecule has 4 rings (SSSR count). The van der Waals surface area contributed by atoms with Crippen LogP contribution in [0.4, 0.5) is 41.2 Å². The van der Waals surface area contributed by atoms with Gasteiger partial charge in [-0.3, -0.25) is 14.3 Å². The highest BCUT2D eigenvalue weighted by atomic mass is 19.4. The van der Waals surface area contributed by atoms with Crippen molar-refractivity contribution >= 4 is 17.6 Å². The van der Waals surface area contributed by atoms with E-state index >= 15 is 0 Å². The van der Waals surface area contributed by atoms with Gasteiger partial charge in [0.2, 0.25) is 0 Å². The van der Waals surface area contributed by atoms with Crippen LogP contribution < -0.4 is 10.6 Å². The van der Waals surface area contributed by atoms with Crippen LogP contribution in [0.25, 0.3) is 0 Å². The summed E-state index contributed by atoms with van der Waals surface area (Å²) in [5.74, 6) is -4.38. The van der Waals surface area contributed by atoms with Crippen molar-refractivity contribution in [3.63, 3.8) is 0 Å². The van der Waals surface area contributed by atoms with Crippen molar-refractivity contribution in [3.05, 3.63) is 46.3 Å². The fourth-order valence-corrected chi connectivity index (χ4v) is 4.18. The van der Waals surface area contributed by atoms with Crippen LogP contribution in [0.15, 0.2) is 12.1 Å². The van der Waals surface area contributed by atoms with Crippen molar-refractivity contribution in [2.45, 2.75) is 38.2 Å². The number of anilines is 1. The number of nitrogens with one attached hydrogen (secondary N) is 2. The Kier molecular flexibility index (Phi) is 7.32. The molecule has 0 saturated carbocycles. The van der Waals surface area contributed by atoms with E-state index < -0.39 is 60.1 Å². The van der Waals surface area contributed by atoms with Gasteiger partial charge in [-0.05, 0) is 12.1 Å². The van der Waals surface area contributed by atoms with Crippen LogP contribution in [0.1, 0.15) is 27.3 Å². The number of benzene rings is 1. The zero-order chi connectivity index (χ0) is 27.1. The molecule has 2 aliphatic heterocycles. The van der Waals surface area contributed by atoms with Gasteiger partial charge in [-0.1, -0.05) is 0 Å². The van der Waals surface area contributed by atoms with Crippen LogP contribution in [0.3, 0.4) is 0 Å². The average Bonchev–Trinajstić information content (AvgIpc) is 3.10. The Morgan fingerprint density at radius 1 is 1.27 bits per heavy atom. The van der Waals surface area contributed by atoms with Gasteiger partial charge in [-0.2, -0.15) is 18.3 Å². The van der Waals surface area contributed by atoms with Crippen LogP contribution in [-0.4, -0.2) is 70.9 Å². The Balaban J connectivity index is 1.53. The molecule has 202 valence electrons. The normalized spacial score (nSPS) is 18.1. The highest BCUT2D eigenvalue weighted by molar-refractivity contribution is 5.94. The lowest BCUT2D eigenvalue weighted by Crippen LogP contribution is -2.40. The van der Waals surface area contributed by atoms with E-state index in [9.17, 15) is 40.3 Å². The Morgan fingerprint density at radius 3 is 2.68 bits per heavy atom. The number of hydrogen-bond donors (Lipinski definition) is 2. The Morgan fingerprint density at radius 2 is 2.00 bits per heavy atom. The summed E-state index contributed by atoms with van der Waals surface area (Å²) < 4.78 is 93.2. The molecule has 3 amide bonds. The number of alkyl halides is 5. The number of rotatable bonds is 5. The summed E-state index contributed by atoms with van der Waals surface area (Å²) in [6.07, 6.45) is -8.42. The van der Waals surface area contributed by atoms with Gasteiger partial charge in [0.15, 0.2) is 5.82 Å². The first-order valence-electron chi connectivity index (χ1n) is 11.0. The van der Waals surface area contributed by atoms with E-state index in [0.29, 0.717) is 23.4 Å². The molecule has 0 saturated heterocycles. The minimum Gasteiger partial charge on any atom is -0.320 e. The van der Waals surface area contributed by atoms with Gasteiger partial charge in [-0.25, -0.2) is 27.4 Å². The first kappa shape index (κ1) is 26.7. The van der Waals surface area contributed by atoms with Crippen LogP contribution in [0.2, 0.25) is 0 Å². The lowest BCUT2D eigenvalue weighted by molar-refractivity contribution is -0.146. The first-order chi connectivity index (χ1) is 17.4. The summed E-state index contributed by atoms with van der Waals surface area (Å²) in [6, 6.07) is 0.107. The minimum atomic E-state index is -5.31. The van der Waals surface area contributed by atoms with Gasteiger partial charge < -0.3 is 15.5 Å². The Labute approximate surface area is 205 Å². The highest BCUT2D eigenvalue weighted by Crippen LogP contribution is 2.36. The summed E-state index contributed by atoms with van der Waals surface area (Å²) in [7, 11) is 1.33. The average molecular weight is 538 g/mol. The number of fused-ring (bicyclic) bond motifs is 3. The van der Waals surface area contributed by atoms with E-state index in [1.54, 1.807) is 0 Å². The van der Waals surface area contributed by atoms with Crippen molar-refractivity contribution < 1.29 is 45.2 Å². The summed E-state index contributed by atoms with van der Waals surface area (Å²) in [6.45, 7) is -0.655. The smallest absolute Gasteiger partial charge is 0.320 e. The van der Waals surface area contributed by atoms with E-state index in [-0.39, 0.29) is 38.3 Å². The largest absolute Gasteiger partial charge is 0.422 e. The van der Waals surface area contributed by atoms with E-state index in [1.165, 1.54) is 11.7 Å². The third-order valence-electron chi connectivity index (χ3n) is 5.85. The van der Waals surface area contributed by atoms with E-state index in [2.05, 4.69) is 10.4 Å². The van der Waals surface area contributed by atoms with Crippen molar-refractivity contribution in [2.24, 2.45) is 0 Å². The molecular weight excluding hydrogens is 517 g/mol. The lowest BCUT2D eigenvalue weighted by Gasteiger charge is -2.27. The SMILES string of the molecule is CN1OC(CNCC(F)F)Cn2nc3c(c2C1=O)CN(C(=O)Nc1ccc(F)c(C(F)(F)F)c1F)CC3. The molecule has 3 heterocycles. The molecule has 0 aliphatic carbocycles. The molecule has 2 N–H and O–H groups in total. The molecule has 0 bridgehead atoms. The van der Waals surface area contributed by atoms with Crippen LogP contribution in [-0.2, 0) is 30.5 Å². The van der Waals surface area contributed by atoms with E-state index in [4.69, 9.17) is 4.84 Å². The molecule has 2 aromatic rings. The third kappa shape index (κ3) is 5.49. The maximum atomic E-state index is 14.4. The zero-order valence-electron chi connectivity index (χ0n) is 19.2. The second-order valence-electron chi connectivity index (χ2n) is 8.42. The molecule has 16 heteroatoms. The minimum absolute atomic E-state index is 0.00358. The van der Waals surface area contributed by atoms with Crippen molar-refractivity contribution in [1.82, 2.24) is 25.1 Å². The van der Waals surface area contributed by atoms with Gasteiger partial charge >= 0.3 is 12.2 Å². The quantitative estimate of drug-likeness (QED) is 0.572. The molecule has 0 fully saturated rings. The molecule has 2 aliphatic rings. The van der Waals surface area contributed by atoms with Gasteiger partial charge in [0.25, 0.3) is 12.3 Å². The lowest BCUT2D eigenvalue weighted by atomic mass is 10.0. The topological polar surface area (TPSA) is 91.7 Å². The van der Waals surface area contributed by atoms with E-state index in [0.717, 1.165) is 9.96 Å². The number of carbonyl (C=O) groups is 2. The number of hydroxylamine groups is 2. The molecule has 1 atom stereocenters. The molecule has 9 nitrogen and oxygen atoms in total. The summed E-state index contributed by atoms with van der Waals surface area (Å²) in [5.41, 5.74) is -2.03. The van der Waals surface area contributed by atoms with Gasteiger partial charge in [0, 0.05) is 32.1 Å². The molecule has 1 unspecified atom stereocenters. The zero-order valence-corrected chi connectivity index (χ0v) is 19.2. The molecule has 1 aromatic heterocycles. The summed E-state index contributed by atoms with van der Waals surface area (Å²) >= 11 is 0. The first-order valence-corrected chi connectivity index (χ1v) is 11.0. The van der Waals surface area contributed by atoms with Crippen molar-refractivity contribution in [2.75, 3.05) is 32.0 Å². The van der Waals surface area contributed by atoms with Gasteiger partial charge in [-0.15, -0.1) is 0 Å². The predicted molar refractivity (Wildman–Crippen MR) is 113 cm³/mol. The number of urea groups is 1. The van der Waals surface area contributed by atoms with Crippen LogP contribution in [0, 0.1) is 11.6 Å². The van der Waals surface area contributed by atoms with Crippen molar-refractivity contribution in [3.8, 4) is 0 Å². The van der Waals surface area contributed by atoms with Crippen LogP contribution >= 0.6 is 0 Å². The maximum Gasteiger partial charge on any atom is 0.422 e. The number of halogens is 7. The van der Waals surface area contributed by atoms with E-state index in [1.807, 2.05) is 5.32 Å². The maximum absolute atomic E-state index is 14.4. The van der Waals surface area contributed by atoms with Crippen LogP contribution in [0.5, 0.6) is 0 Å². The second-order valence-corrected chi connectivity index (χ2v) is 8.42. The van der Waals surface area contributed by atoms with Gasteiger partial charge in [0.05, 0.1) is 31.0 Å². The summed E-state index contributed by atoms with van der Waals surface area (Å²) in [5, 5.41) is 9.89. The third-order valence-corrected chi connectivity index (χ3v) is 5.85. The molecule has 37 heavy (non-hydrogen) atoms. The molecule has 0 radical (unpaired) electrons. The number of nitrogens with zero attached hydrogens (tertiary/aromatic N) is 4. The number of amides is 3. The fourth-order valence-electron chi connectivity index (χ4n) is 4.18. The second kappa shape index (κ2) is 10.2. The number of hydrogen-bond acceptors (Lipinski definition) is 5. The Hall–Kier alpha value is -3.40. The van der Waals surface area contributed by atoms with Crippen molar-refractivity contribution in [1.29, 1.82) is 0 Å². The number of carbonyl (C=O) groups excluding carboxylic acids is 2. The fraction of sp³-hybridized carbons (Fsp3) is 0.476. The standard InChI is InChI=1S/C21H21F7N6O3/c1-32-19(35)18-11-9-33(20(36)30-14-3-2-12(22)16(17(14)25)21(26,27)28)5-4-13(11)31-34(18)8-10(37-32)6-29-7-15(23)24/h2-3,10,15,29H,4-9H2,1H3,(H,30,36). The summed E-state index contributed by atoms with van der Waals surface area (Å²) in [4.78, 5) is 32.4. The Bertz CT molecular complexity index is 1200. The monoisotopic (exact) mass is 538 g/mol. The molecule has 1 aromatic carbocycles. The highest BCUT2D eigenvalue weighted by Gasteiger charge is 2.40. The van der Waals surface area contributed by atoms with Gasteiger partial charge in [0.1, 0.15) is 23.2 Å². The predicted octanol–water partition coefficient (Wildman–Crippen LogP) is 3.01. The number of aromatic nitrogens is 2. The molecular formula is C21H21F7N6O3.